The second-order valence-electron chi connectivity index (χ2n) is 6.04. The Kier molecular flexibility index (Phi) is 5.17. The number of carbonyl (C=O) groups is 1. The molecule has 1 amide bonds. The molecule has 3 rings (SSSR count). The van der Waals surface area contributed by atoms with E-state index < -0.39 is 39.9 Å². The van der Waals surface area contributed by atoms with E-state index in [0.717, 1.165) is 19.4 Å². The number of pyridine rings is 1. The van der Waals surface area contributed by atoms with Gasteiger partial charge in [0.15, 0.2) is 5.82 Å². The molecule has 0 unspecified atom stereocenters. The number of anilines is 2. The van der Waals surface area contributed by atoms with Gasteiger partial charge in [-0.25, -0.2) is 18.4 Å². The van der Waals surface area contributed by atoms with E-state index in [1.165, 1.54) is 18.3 Å². The van der Waals surface area contributed by atoms with E-state index in [2.05, 4.69) is 17.2 Å². The molecule has 1 aromatic carbocycles. The van der Waals surface area contributed by atoms with Crippen molar-refractivity contribution in [1.29, 1.82) is 0 Å². The van der Waals surface area contributed by atoms with Gasteiger partial charge < -0.3 is 10.4 Å². The first-order valence-electron chi connectivity index (χ1n) is 8.38. The van der Waals surface area contributed by atoms with Crippen LogP contribution in [0, 0.1) is 5.82 Å². The summed E-state index contributed by atoms with van der Waals surface area (Å²) in [7, 11) is -4.24. The minimum atomic E-state index is -4.24. The number of rotatable bonds is 6. The third-order valence-electron chi connectivity index (χ3n) is 4.08. The Hall–Kier alpha value is -2.88. The number of halogens is 1. The summed E-state index contributed by atoms with van der Waals surface area (Å²) in [6.07, 6.45) is 3.50. The third kappa shape index (κ3) is 3.80. The van der Waals surface area contributed by atoms with Crippen LogP contribution in [0.5, 0.6) is 5.75 Å². The summed E-state index contributed by atoms with van der Waals surface area (Å²) in [6, 6.07) is 5.84. The maximum atomic E-state index is 15.0. The van der Waals surface area contributed by atoms with E-state index >= 15 is 4.39 Å². The molecule has 2 heterocycles. The lowest BCUT2D eigenvalue weighted by atomic mass is 10.1. The molecule has 1 saturated heterocycles. The van der Waals surface area contributed by atoms with Gasteiger partial charge in [-0.05, 0) is 30.7 Å². The Morgan fingerprint density at radius 2 is 2.11 bits per heavy atom. The van der Waals surface area contributed by atoms with Gasteiger partial charge in [-0.15, -0.1) is 0 Å². The van der Waals surface area contributed by atoms with Crippen molar-refractivity contribution < 1.29 is 22.7 Å². The Morgan fingerprint density at radius 3 is 2.70 bits per heavy atom. The van der Waals surface area contributed by atoms with E-state index in [1.54, 1.807) is 16.9 Å². The summed E-state index contributed by atoms with van der Waals surface area (Å²) >= 11 is 0. The molecule has 2 aromatic rings. The van der Waals surface area contributed by atoms with Gasteiger partial charge in [0.1, 0.15) is 23.8 Å². The molecule has 0 atom stereocenters. The molecule has 0 radical (unpaired) electrons. The first-order valence-corrected chi connectivity index (χ1v) is 9.82. The van der Waals surface area contributed by atoms with Crippen molar-refractivity contribution >= 4 is 27.6 Å². The first kappa shape index (κ1) is 18.9. The highest BCUT2D eigenvalue weighted by Gasteiger charge is 2.37. The molecule has 0 bridgehead atoms. The molecule has 1 fully saturated rings. The minimum absolute atomic E-state index is 0.0601. The predicted octanol–water partition coefficient (Wildman–Crippen LogP) is 1.99. The molecular formula is C17H19FN4O4S. The number of benzene rings is 1. The highest BCUT2D eigenvalue weighted by Crippen LogP contribution is 2.38. The number of nitrogens with zero attached hydrogens (tertiary/aromatic N) is 2. The largest absolute Gasteiger partial charge is 0.506 e. The lowest BCUT2D eigenvalue weighted by Gasteiger charge is -2.18. The number of hydrogen-bond acceptors (Lipinski definition) is 6. The number of aromatic hydroxyl groups is 1. The Bertz CT molecular complexity index is 964. The number of carbonyl (C=O) groups excluding carboxylic acids is 1. The second-order valence-corrected chi connectivity index (χ2v) is 7.64. The molecule has 10 heteroatoms. The second kappa shape index (κ2) is 7.39. The van der Waals surface area contributed by atoms with Crippen molar-refractivity contribution in [1.82, 2.24) is 9.71 Å². The minimum Gasteiger partial charge on any atom is -0.506 e. The van der Waals surface area contributed by atoms with Crippen LogP contribution >= 0.6 is 0 Å². The van der Waals surface area contributed by atoms with Crippen LogP contribution in [0.1, 0.15) is 19.8 Å². The van der Waals surface area contributed by atoms with E-state index in [4.69, 9.17) is 0 Å². The van der Waals surface area contributed by atoms with E-state index in [0.29, 0.717) is 15.7 Å². The zero-order chi connectivity index (χ0) is 19.6. The van der Waals surface area contributed by atoms with Crippen LogP contribution in [0.3, 0.4) is 0 Å². The monoisotopic (exact) mass is 394 g/mol. The number of amides is 1. The Balaban J connectivity index is 1.95. The van der Waals surface area contributed by atoms with Crippen LogP contribution in [0.15, 0.2) is 30.5 Å². The molecule has 1 aliphatic heterocycles. The van der Waals surface area contributed by atoms with E-state index in [-0.39, 0.29) is 5.56 Å². The maximum absolute atomic E-state index is 15.0. The quantitative estimate of drug-likeness (QED) is 0.646. The zero-order valence-electron chi connectivity index (χ0n) is 14.6. The molecule has 27 heavy (non-hydrogen) atoms. The van der Waals surface area contributed by atoms with Crippen LogP contribution < -0.4 is 14.3 Å². The van der Waals surface area contributed by atoms with Crippen LogP contribution in [0.25, 0.3) is 11.1 Å². The maximum Gasteiger partial charge on any atom is 0.326 e. The molecule has 144 valence electrons. The summed E-state index contributed by atoms with van der Waals surface area (Å²) in [6.45, 7) is 2.25. The van der Waals surface area contributed by atoms with Gasteiger partial charge in [-0.3, -0.25) is 4.79 Å². The third-order valence-corrected chi connectivity index (χ3v) is 5.45. The molecular weight excluding hydrogens is 375 g/mol. The number of unbranched alkanes of at least 4 members (excludes halogenated alkanes) is 1. The first-order chi connectivity index (χ1) is 12.8. The predicted molar refractivity (Wildman–Crippen MR) is 99.1 cm³/mol. The molecule has 0 spiro atoms. The van der Waals surface area contributed by atoms with Crippen LogP contribution in [-0.2, 0) is 15.0 Å². The lowest BCUT2D eigenvalue weighted by molar-refractivity contribution is -0.117. The smallest absolute Gasteiger partial charge is 0.326 e. The fourth-order valence-electron chi connectivity index (χ4n) is 2.71. The summed E-state index contributed by atoms with van der Waals surface area (Å²) in [5, 5.41) is 13.1. The Labute approximate surface area is 156 Å². The van der Waals surface area contributed by atoms with Crippen molar-refractivity contribution in [2.24, 2.45) is 0 Å². The number of phenolic OH excluding ortho intramolecular Hbond substituents is 1. The molecule has 3 N–H and O–H groups in total. The SMILES string of the molecule is CCCCNc1ccc(-c2ccc(O)c(N3CC(=O)NS3(=O)=O)c2F)cn1. The molecule has 0 saturated carbocycles. The van der Waals surface area contributed by atoms with Crippen molar-refractivity contribution in [2.75, 3.05) is 22.7 Å². The molecule has 1 aliphatic rings. The molecule has 1 aromatic heterocycles. The van der Waals surface area contributed by atoms with Gasteiger partial charge in [0.2, 0.25) is 0 Å². The fourth-order valence-corrected chi connectivity index (χ4v) is 3.88. The van der Waals surface area contributed by atoms with Crippen molar-refractivity contribution in [2.45, 2.75) is 19.8 Å². The van der Waals surface area contributed by atoms with Crippen LogP contribution in [0.2, 0.25) is 0 Å². The van der Waals surface area contributed by atoms with Gasteiger partial charge >= 0.3 is 10.2 Å². The highest BCUT2D eigenvalue weighted by atomic mass is 32.2. The average molecular weight is 394 g/mol. The number of phenols is 1. The number of aromatic nitrogens is 1. The van der Waals surface area contributed by atoms with E-state index in [1.807, 2.05) is 0 Å². The number of nitrogens with one attached hydrogen (secondary N) is 2. The topological polar surface area (TPSA) is 112 Å². The van der Waals surface area contributed by atoms with Gasteiger partial charge in [-0.2, -0.15) is 8.42 Å². The van der Waals surface area contributed by atoms with Crippen LogP contribution in [0.4, 0.5) is 15.9 Å². The summed E-state index contributed by atoms with van der Waals surface area (Å²) < 4.78 is 41.3. The van der Waals surface area contributed by atoms with E-state index in [9.17, 15) is 18.3 Å². The molecule has 8 nitrogen and oxygen atoms in total. The zero-order valence-corrected chi connectivity index (χ0v) is 15.4. The van der Waals surface area contributed by atoms with Gasteiger partial charge in [0, 0.05) is 23.9 Å². The summed E-state index contributed by atoms with van der Waals surface area (Å²) in [4.78, 5) is 15.6. The lowest BCUT2D eigenvalue weighted by Crippen LogP contribution is -2.30. The number of hydrogen-bond donors (Lipinski definition) is 3. The fraction of sp³-hybridized carbons (Fsp3) is 0.294. The highest BCUT2D eigenvalue weighted by molar-refractivity contribution is 7.92. The Morgan fingerprint density at radius 1 is 1.33 bits per heavy atom. The summed E-state index contributed by atoms with van der Waals surface area (Å²) in [5.74, 6) is -1.70. The standard InChI is InChI=1S/C17H19FN4O4S/c1-2-3-8-19-14-7-4-11(9-20-14)12-5-6-13(23)17(16(12)18)22-10-15(24)21-27(22,25)26/h4-7,9,23H,2-3,8,10H2,1H3,(H,19,20)(H,21,24). The average Bonchev–Trinajstić information content (AvgIpc) is 2.88. The summed E-state index contributed by atoms with van der Waals surface area (Å²) in [5.41, 5.74) is -0.105. The van der Waals surface area contributed by atoms with Gasteiger partial charge in [0.25, 0.3) is 5.91 Å². The van der Waals surface area contributed by atoms with Crippen molar-refractivity contribution in [3.63, 3.8) is 0 Å². The van der Waals surface area contributed by atoms with Crippen molar-refractivity contribution in [3.8, 4) is 16.9 Å². The molecule has 0 aliphatic carbocycles. The van der Waals surface area contributed by atoms with Crippen LogP contribution in [-0.4, -0.2) is 37.5 Å². The van der Waals surface area contributed by atoms with Gasteiger partial charge in [-0.1, -0.05) is 13.3 Å². The van der Waals surface area contributed by atoms with Crippen molar-refractivity contribution in [3.05, 3.63) is 36.3 Å². The van der Waals surface area contributed by atoms with Gasteiger partial charge in [0.05, 0.1) is 0 Å². The normalized spacial score (nSPS) is 15.6.